The largest absolute Gasteiger partial charge is 0.310 e. The minimum absolute atomic E-state index is 0.0537. The van der Waals surface area contributed by atoms with Crippen LogP contribution in [0.4, 0.5) is 17.1 Å². The van der Waals surface area contributed by atoms with Crippen molar-refractivity contribution < 1.29 is 0 Å². The third kappa shape index (κ3) is 4.85. The molecule has 0 unspecified atom stereocenters. The second kappa shape index (κ2) is 13.7. The quantitative estimate of drug-likeness (QED) is 0.168. The number of fused-ring (bicyclic) bond motifs is 15. The fourth-order valence-corrected chi connectivity index (χ4v) is 12.4. The topological polar surface area (TPSA) is 8.17 Å². The van der Waals surface area contributed by atoms with Crippen LogP contribution in [0.5, 0.6) is 0 Å². The number of aromatic nitrogens is 1. The summed E-state index contributed by atoms with van der Waals surface area (Å²) in [6.45, 7) is 4.71. The van der Waals surface area contributed by atoms with E-state index in [2.05, 4.69) is 254 Å². The normalized spacial score (nSPS) is 14.2. The minimum Gasteiger partial charge on any atom is -0.310 e. The van der Waals surface area contributed by atoms with Gasteiger partial charge < -0.3 is 9.47 Å². The average molecular weight is 841 g/mol. The first kappa shape index (κ1) is 37.2. The Labute approximate surface area is 385 Å². The highest BCUT2D eigenvalue weighted by molar-refractivity contribution is 6.13. The molecule has 1 aromatic heterocycles. The summed E-state index contributed by atoms with van der Waals surface area (Å²) in [6, 6.07) is 86.2. The van der Waals surface area contributed by atoms with Crippen LogP contribution >= 0.6 is 0 Å². The van der Waals surface area contributed by atoms with E-state index >= 15 is 0 Å². The van der Waals surface area contributed by atoms with Gasteiger partial charge in [0.05, 0.1) is 27.8 Å². The lowest BCUT2D eigenvalue weighted by Crippen LogP contribution is -2.33. The molecule has 0 saturated carbocycles. The van der Waals surface area contributed by atoms with Crippen molar-refractivity contribution in [3.63, 3.8) is 0 Å². The predicted molar refractivity (Wildman–Crippen MR) is 275 cm³/mol. The van der Waals surface area contributed by atoms with Crippen molar-refractivity contribution in [2.24, 2.45) is 0 Å². The lowest BCUT2D eigenvalue weighted by molar-refractivity contribution is 0.660. The molecular formula is C64H44N2. The van der Waals surface area contributed by atoms with Crippen molar-refractivity contribution in [2.45, 2.75) is 24.7 Å². The van der Waals surface area contributed by atoms with Crippen LogP contribution in [0.15, 0.2) is 231 Å². The van der Waals surface area contributed by atoms with Crippen LogP contribution in [0.1, 0.15) is 47.2 Å². The van der Waals surface area contributed by atoms with Gasteiger partial charge in [-0.25, -0.2) is 0 Å². The maximum atomic E-state index is 2.54. The van der Waals surface area contributed by atoms with Crippen LogP contribution in [0.2, 0.25) is 0 Å². The van der Waals surface area contributed by atoms with E-state index in [9.17, 15) is 0 Å². The summed E-state index contributed by atoms with van der Waals surface area (Å²) in [4.78, 5) is 2.43. The van der Waals surface area contributed by atoms with Gasteiger partial charge in [-0.2, -0.15) is 0 Å². The molecule has 0 atom stereocenters. The van der Waals surface area contributed by atoms with Gasteiger partial charge in [0.25, 0.3) is 0 Å². The Bertz CT molecular complexity index is 3750. The van der Waals surface area contributed by atoms with E-state index in [1.807, 2.05) is 0 Å². The molecule has 2 heteroatoms. The van der Waals surface area contributed by atoms with E-state index in [0.29, 0.717) is 0 Å². The molecule has 10 aromatic carbocycles. The lowest BCUT2D eigenvalue weighted by atomic mass is 9.65. The fourth-order valence-electron chi connectivity index (χ4n) is 12.4. The number of anilines is 3. The number of hydrogen-bond acceptors (Lipinski definition) is 1. The number of nitrogens with zero attached hydrogens (tertiary/aromatic N) is 2. The second-order valence-electron chi connectivity index (χ2n) is 18.8. The third-order valence-corrected chi connectivity index (χ3v) is 15.2. The lowest BCUT2D eigenvalue weighted by Gasteiger charge is -2.40. The summed E-state index contributed by atoms with van der Waals surface area (Å²) in [5.41, 5.74) is 24.7. The summed E-state index contributed by atoms with van der Waals surface area (Å²) >= 11 is 0. The van der Waals surface area contributed by atoms with Crippen LogP contribution in [-0.4, -0.2) is 4.57 Å². The minimum atomic E-state index is -0.528. The molecule has 0 radical (unpaired) electrons. The summed E-state index contributed by atoms with van der Waals surface area (Å²) < 4.78 is 2.54. The standard InChI is InChI=1S/C64H44N2/c1-63(2)52-27-11-8-24-51(52)61-46(25-16-30-55(61)63)41-34-37-44(38-35-41)65(43-18-4-3-5-19-43)58-32-14-9-20-45(58)42-36-39-60-57(40-42)64(53-28-12-6-21-47(53)48-22-7-13-29-54(48)64)56-31-17-26-50-49-23-10-15-33-59(49)66(60)62(50)56/h3-40H,1-2H3. The molecule has 1 aliphatic heterocycles. The van der Waals surface area contributed by atoms with Crippen LogP contribution in [-0.2, 0) is 10.8 Å². The smallest absolute Gasteiger partial charge is 0.0754 e. The van der Waals surface area contributed by atoms with Crippen molar-refractivity contribution in [2.75, 3.05) is 4.90 Å². The zero-order valence-corrected chi connectivity index (χ0v) is 36.8. The molecule has 0 fully saturated rings. The predicted octanol–water partition coefficient (Wildman–Crippen LogP) is 16.6. The molecule has 2 nitrogen and oxygen atoms in total. The Morgan fingerprint density at radius 2 is 0.909 bits per heavy atom. The zero-order chi connectivity index (χ0) is 43.7. The van der Waals surface area contributed by atoms with Crippen molar-refractivity contribution in [3.05, 3.63) is 264 Å². The van der Waals surface area contributed by atoms with E-state index in [1.165, 1.54) is 105 Å². The van der Waals surface area contributed by atoms with Crippen molar-refractivity contribution >= 4 is 38.9 Å². The van der Waals surface area contributed by atoms with Gasteiger partial charge in [-0.1, -0.05) is 196 Å². The molecule has 2 heterocycles. The Hall–Kier alpha value is -8.20. The first-order chi connectivity index (χ1) is 32.5. The number of hydrogen-bond donors (Lipinski definition) is 0. The Morgan fingerprint density at radius 1 is 0.364 bits per heavy atom. The molecule has 11 aromatic rings. The Balaban J connectivity index is 0.977. The van der Waals surface area contributed by atoms with E-state index in [-0.39, 0.29) is 5.41 Å². The van der Waals surface area contributed by atoms with E-state index in [4.69, 9.17) is 0 Å². The van der Waals surface area contributed by atoms with Crippen molar-refractivity contribution in [1.29, 1.82) is 0 Å². The summed E-state index contributed by atoms with van der Waals surface area (Å²) in [7, 11) is 0. The van der Waals surface area contributed by atoms with E-state index in [1.54, 1.807) is 0 Å². The highest BCUT2D eigenvalue weighted by atomic mass is 15.1. The Morgan fingerprint density at radius 3 is 1.68 bits per heavy atom. The first-order valence-electron chi connectivity index (χ1n) is 23.2. The highest BCUT2D eigenvalue weighted by Crippen LogP contribution is 2.61. The van der Waals surface area contributed by atoms with Crippen LogP contribution < -0.4 is 4.90 Å². The highest BCUT2D eigenvalue weighted by Gasteiger charge is 2.51. The average Bonchev–Trinajstić information content (AvgIpc) is 3.96. The van der Waals surface area contributed by atoms with Gasteiger partial charge in [0, 0.05) is 33.1 Å². The molecule has 2 aliphatic carbocycles. The van der Waals surface area contributed by atoms with Gasteiger partial charge in [0.15, 0.2) is 0 Å². The summed E-state index contributed by atoms with van der Waals surface area (Å²) in [6.07, 6.45) is 0. The van der Waals surface area contributed by atoms with E-state index in [0.717, 1.165) is 17.1 Å². The van der Waals surface area contributed by atoms with Crippen molar-refractivity contribution in [1.82, 2.24) is 4.57 Å². The van der Waals surface area contributed by atoms with Gasteiger partial charge >= 0.3 is 0 Å². The van der Waals surface area contributed by atoms with Gasteiger partial charge in [-0.3, -0.25) is 0 Å². The number of rotatable bonds is 5. The van der Waals surface area contributed by atoms with Crippen LogP contribution in [0, 0.1) is 0 Å². The zero-order valence-electron chi connectivity index (χ0n) is 36.8. The van der Waals surface area contributed by atoms with Gasteiger partial charge in [-0.15, -0.1) is 0 Å². The second-order valence-corrected chi connectivity index (χ2v) is 18.8. The molecule has 1 spiro atoms. The number of benzene rings is 10. The molecule has 310 valence electrons. The third-order valence-electron chi connectivity index (χ3n) is 15.2. The Kier molecular flexibility index (Phi) is 7.70. The molecule has 14 rings (SSSR count). The molecule has 0 amide bonds. The number of para-hydroxylation sites is 4. The van der Waals surface area contributed by atoms with E-state index < -0.39 is 5.41 Å². The SMILES string of the molecule is CC1(C)c2ccccc2-c2c(-c3ccc(N(c4ccccc4)c4ccccc4-c4ccc5c(c4)C4(c6ccccc6-c6ccccc64)c4cccc6c7ccccc7n-5c46)cc3)cccc21. The summed E-state index contributed by atoms with van der Waals surface area (Å²) in [5.74, 6) is 0. The maximum Gasteiger partial charge on any atom is 0.0754 e. The molecular weight excluding hydrogens is 797 g/mol. The monoisotopic (exact) mass is 840 g/mol. The molecule has 3 aliphatic rings. The molecule has 0 bridgehead atoms. The van der Waals surface area contributed by atoms with Gasteiger partial charge in [-0.05, 0) is 121 Å². The molecule has 66 heavy (non-hydrogen) atoms. The fraction of sp³-hybridized carbons (Fsp3) is 0.0625. The molecule has 0 saturated heterocycles. The van der Waals surface area contributed by atoms with Gasteiger partial charge in [0.1, 0.15) is 0 Å². The maximum absolute atomic E-state index is 2.54. The summed E-state index contributed by atoms with van der Waals surface area (Å²) in [5, 5.41) is 2.57. The van der Waals surface area contributed by atoms with Crippen LogP contribution in [0.25, 0.3) is 72.0 Å². The van der Waals surface area contributed by atoms with Crippen molar-refractivity contribution in [3.8, 4) is 50.2 Å². The van der Waals surface area contributed by atoms with Crippen LogP contribution in [0.3, 0.4) is 0 Å². The molecule has 0 N–H and O–H groups in total. The van der Waals surface area contributed by atoms with Gasteiger partial charge in [0.2, 0.25) is 0 Å². The first-order valence-corrected chi connectivity index (χ1v) is 23.2.